The van der Waals surface area contributed by atoms with Crippen molar-refractivity contribution < 1.29 is 24.2 Å². The van der Waals surface area contributed by atoms with Gasteiger partial charge >= 0.3 is 12.1 Å². The van der Waals surface area contributed by atoms with Crippen LogP contribution in [0, 0.1) is 0 Å². The molecule has 1 aliphatic rings. The zero-order chi connectivity index (χ0) is 17.2. The van der Waals surface area contributed by atoms with E-state index in [1.54, 1.807) is 20.8 Å². The Balaban J connectivity index is 1.96. The maximum Gasteiger partial charge on any atom is 0.410 e. The van der Waals surface area contributed by atoms with E-state index in [4.69, 9.17) is 9.84 Å². The molecule has 9 heteroatoms. The molecule has 0 radical (unpaired) electrons. The number of imidazole rings is 1. The molecule has 0 aromatic carbocycles. The van der Waals surface area contributed by atoms with E-state index in [1.807, 2.05) is 0 Å². The molecule has 1 saturated heterocycles. The predicted molar refractivity (Wildman–Crippen MR) is 79.3 cm³/mol. The average Bonchev–Trinajstić information content (AvgIpc) is 2.94. The van der Waals surface area contributed by atoms with E-state index in [0.29, 0.717) is 26.2 Å². The van der Waals surface area contributed by atoms with Crippen molar-refractivity contribution in [3.05, 3.63) is 17.7 Å². The van der Waals surface area contributed by atoms with Crippen molar-refractivity contribution in [2.24, 2.45) is 0 Å². The number of carbonyl (C=O) groups is 3. The second kappa shape index (κ2) is 6.27. The van der Waals surface area contributed by atoms with Gasteiger partial charge in [-0.2, -0.15) is 0 Å². The first-order valence-electron chi connectivity index (χ1n) is 7.23. The molecule has 2 rings (SSSR count). The number of hydrogen-bond acceptors (Lipinski definition) is 5. The molecule has 0 bridgehead atoms. The first-order chi connectivity index (χ1) is 10.7. The largest absolute Gasteiger partial charge is 0.477 e. The lowest BCUT2D eigenvalue weighted by atomic mass is 10.2. The number of nitrogens with zero attached hydrogens (tertiary/aromatic N) is 3. The molecule has 0 atom stereocenters. The van der Waals surface area contributed by atoms with Gasteiger partial charge in [0.2, 0.25) is 0 Å². The number of aromatic amines is 1. The topological polar surface area (TPSA) is 116 Å². The minimum Gasteiger partial charge on any atom is -0.477 e. The maximum atomic E-state index is 12.3. The van der Waals surface area contributed by atoms with Crippen LogP contribution in [0.2, 0.25) is 0 Å². The fraction of sp³-hybridized carbons (Fsp3) is 0.571. The number of aromatic carboxylic acids is 1. The Morgan fingerprint density at radius 1 is 1.17 bits per heavy atom. The van der Waals surface area contributed by atoms with E-state index in [9.17, 15) is 14.4 Å². The zero-order valence-corrected chi connectivity index (χ0v) is 13.3. The maximum absolute atomic E-state index is 12.3. The number of hydrogen-bond donors (Lipinski definition) is 2. The first-order valence-corrected chi connectivity index (χ1v) is 7.23. The molecular formula is C14H20N4O5. The summed E-state index contributed by atoms with van der Waals surface area (Å²) in [5.74, 6) is -1.70. The second-order valence-electron chi connectivity index (χ2n) is 6.19. The van der Waals surface area contributed by atoms with Gasteiger partial charge < -0.3 is 24.6 Å². The van der Waals surface area contributed by atoms with Gasteiger partial charge in [0.25, 0.3) is 5.91 Å². The van der Waals surface area contributed by atoms with E-state index < -0.39 is 23.6 Å². The Bertz CT molecular complexity index is 611. The van der Waals surface area contributed by atoms with Crippen molar-refractivity contribution in [1.82, 2.24) is 19.8 Å². The number of amides is 2. The van der Waals surface area contributed by atoms with Crippen molar-refractivity contribution in [2.75, 3.05) is 26.2 Å². The summed E-state index contributed by atoms with van der Waals surface area (Å²) >= 11 is 0. The number of ether oxygens (including phenoxy) is 1. The predicted octanol–water partition coefficient (Wildman–Crippen LogP) is 0.801. The number of nitrogens with one attached hydrogen (secondary N) is 1. The Hall–Kier alpha value is -2.58. The molecule has 23 heavy (non-hydrogen) atoms. The van der Waals surface area contributed by atoms with Crippen LogP contribution in [0.25, 0.3) is 0 Å². The lowest BCUT2D eigenvalue weighted by Gasteiger charge is -2.35. The van der Waals surface area contributed by atoms with Crippen LogP contribution in [-0.2, 0) is 4.74 Å². The van der Waals surface area contributed by atoms with Crippen LogP contribution in [0.5, 0.6) is 0 Å². The smallest absolute Gasteiger partial charge is 0.410 e. The summed E-state index contributed by atoms with van der Waals surface area (Å²) in [5.41, 5.74) is -0.928. The number of aromatic nitrogens is 2. The number of rotatable bonds is 2. The monoisotopic (exact) mass is 324 g/mol. The van der Waals surface area contributed by atoms with Crippen LogP contribution in [0.3, 0.4) is 0 Å². The highest BCUT2D eigenvalue weighted by molar-refractivity contribution is 6.02. The standard InChI is InChI=1S/C14H20N4O5/c1-14(2,3)23-13(22)18-6-4-17(5-7-18)11(19)9-10(12(20)21)16-8-15-9/h8H,4-7H2,1-3H3,(H,15,16)(H,20,21). The number of carboxylic acids is 1. The highest BCUT2D eigenvalue weighted by Crippen LogP contribution is 2.14. The number of piperazine rings is 1. The summed E-state index contributed by atoms with van der Waals surface area (Å²) in [5, 5.41) is 9.01. The highest BCUT2D eigenvalue weighted by atomic mass is 16.6. The third-order valence-electron chi connectivity index (χ3n) is 3.27. The summed E-state index contributed by atoms with van der Waals surface area (Å²) in [6.45, 7) is 6.61. The third kappa shape index (κ3) is 3.99. The minimum absolute atomic E-state index is 0.122. The lowest BCUT2D eigenvalue weighted by Crippen LogP contribution is -2.51. The summed E-state index contributed by atoms with van der Waals surface area (Å²) < 4.78 is 5.28. The molecule has 9 nitrogen and oxygen atoms in total. The van der Waals surface area contributed by atoms with Crippen molar-refractivity contribution in [3.63, 3.8) is 0 Å². The lowest BCUT2D eigenvalue weighted by molar-refractivity contribution is 0.0140. The molecular weight excluding hydrogens is 304 g/mol. The summed E-state index contributed by atoms with van der Waals surface area (Å²) in [6.07, 6.45) is 0.753. The highest BCUT2D eigenvalue weighted by Gasteiger charge is 2.30. The fourth-order valence-corrected chi connectivity index (χ4v) is 2.19. The molecule has 1 fully saturated rings. The Morgan fingerprint density at radius 2 is 1.74 bits per heavy atom. The first kappa shape index (κ1) is 16.8. The SMILES string of the molecule is CC(C)(C)OC(=O)N1CCN(C(=O)c2nc[nH]c2C(=O)O)CC1. The van der Waals surface area contributed by atoms with Crippen LogP contribution >= 0.6 is 0 Å². The molecule has 2 heterocycles. The van der Waals surface area contributed by atoms with Crippen molar-refractivity contribution in [1.29, 1.82) is 0 Å². The molecule has 1 aromatic rings. The minimum atomic E-state index is -1.24. The van der Waals surface area contributed by atoms with Crippen molar-refractivity contribution >= 4 is 18.0 Å². The normalized spacial score (nSPS) is 15.4. The molecule has 0 aliphatic carbocycles. The van der Waals surface area contributed by atoms with Crippen molar-refractivity contribution in [2.45, 2.75) is 26.4 Å². The summed E-state index contributed by atoms with van der Waals surface area (Å²) in [6, 6.07) is 0. The van der Waals surface area contributed by atoms with Crippen LogP contribution < -0.4 is 0 Å². The fourth-order valence-electron chi connectivity index (χ4n) is 2.19. The van der Waals surface area contributed by atoms with Gasteiger partial charge in [0, 0.05) is 26.2 Å². The van der Waals surface area contributed by atoms with Crippen LogP contribution in [0.15, 0.2) is 6.33 Å². The Morgan fingerprint density at radius 3 is 2.26 bits per heavy atom. The van der Waals surface area contributed by atoms with E-state index >= 15 is 0 Å². The van der Waals surface area contributed by atoms with Gasteiger partial charge in [-0.05, 0) is 20.8 Å². The number of carboxylic acid groups (broad SMARTS) is 1. The van der Waals surface area contributed by atoms with Gasteiger partial charge in [0.15, 0.2) is 11.4 Å². The number of H-pyrrole nitrogens is 1. The summed E-state index contributed by atoms with van der Waals surface area (Å²) in [7, 11) is 0. The van der Waals surface area contributed by atoms with Gasteiger partial charge in [0.05, 0.1) is 6.33 Å². The van der Waals surface area contributed by atoms with E-state index in [0.717, 1.165) is 0 Å². The molecule has 0 unspecified atom stereocenters. The van der Waals surface area contributed by atoms with Crippen molar-refractivity contribution in [3.8, 4) is 0 Å². The zero-order valence-electron chi connectivity index (χ0n) is 13.3. The molecule has 0 saturated carbocycles. The molecule has 2 amide bonds. The van der Waals surface area contributed by atoms with Crippen LogP contribution in [0.1, 0.15) is 41.7 Å². The number of carbonyl (C=O) groups excluding carboxylic acids is 2. The average molecular weight is 324 g/mol. The Kier molecular flexibility index (Phi) is 4.57. The molecule has 1 aromatic heterocycles. The quantitative estimate of drug-likeness (QED) is 0.831. The van der Waals surface area contributed by atoms with Gasteiger partial charge in [-0.15, -0.1) is 0 Å². The van der Waals surface area contributed by atoms with Crippen LogP contribution in [0.4, 0.5) is 4.79 Å². The second-order valence-corrected chi connectivity index (χ2v) is 6.19. The molecule has 126 valence electrons. The summed E-state index contributed by atoms with van der Waals surface area (Å²) in [4.78, 5) is 44.6. The molecule has 2 N–H and O–H groups in total. The Labute approximate surface area is 133 Å². The van der Waals surface area contributed by atoms with Crippen LogP contribution in [-0.4, -0.2) is 74.6 Å². The van der Waals surface area contributed by atoms with E-state index in [-0.39, 0.29) is 11.4 Å². The van der Waals surface area contributed by atoms with E-state index in [2.05, 4.69) is 9.97 Å². The van der Waals surface area contributed by atoms with Gasteiger partial charge in [-0.25, -0.2) is 14.6 Å². The molecule has 1 aliphatic heterocycles. The van der Waals surface area contributed by atoms with E-state index in [1.165, 1.54) is 16.1 Å². The van der Waals surface area contributed by atoms with Gasteiger partial charge in [0.1, 0.15) is 5.60 Å². The molecule has 0 spiro atoms. The van der Waals surface area contributed by atoms with Gasteiger partial charge in [-0.3, -0.25) is 4.79 Å². The third-order valence-corrected chi connectivity index (χ3v) is 3.27. The van der Waals surface area contributed by atoms with Gasteiger partial charge in [-0.1, -0.05) is 0 Å².